The Morgan fingerprint density at radius 1 is 1.18 bits per heavy atom. The van der Waals surface area contributed by atoms with Crippen LogP contribution in [0.25, 0.3) is 5.65 Å². The number of benzene rings is 1. The highest BCUT2D eigenvalue weighted by atomic mass is 16.5. The van der Waals surface area contributed by atoms with Crippen LogP contribution in [0.2, 0.25) is 0 Å². The van der Waals surface area contributed by atoms with Crippen LogP contribution in [0.4, 0.5) is 0 Å². The van der Waals surface area contributed by atoms with Gasteiger partial charge in [0.25, 0.3) is 0 Å². The topological polar surface area (TPSA) is 59.5 Å². The van der Waals surface area contributed by atoms with Gasteiger partial charge in [-0.2, -0.15) is 5.26 Å². The van der Waals surface area contributed by atoms with E-state index in [4.69, 9.17) is 14.7 Å². The number of pyridine rings is 1. The summed E-state index contributed by atoms with van der Waals surface area (Å²) in [5.74, 6) is 1.18. The molecule has 0 unspecified atom stereocenters. The second-order valence-corrected chi connectivity index (χ2v) is 4.69. The molecule has 0 atom stereocenters. The van der Waals surface area contributed by atoms with Crippen molar-refractivity contribution in [1.82, 2.24) is 9.38 Å². The molecule has 0 fully saturated rings. The summed E-state index contributed by atoms with van der Waals surface area (Å²) in [5.41, 5.74) is 2.26. The smallest absolute Gasteiger partial charge is 0.162 e. The Morgan fingerprint density at radius 3 is 2.86 bits per heavy atom. The lowest BCUT2D eigenvalue weighted by atomic mass is 10.2. The van der Waals surface area contributed by atoms with Crippen LogP contribution in [0.15, 0.2) is 48.8 Å². The number of rotatable bonds is 5. The Bertz CT molecular complexity index is 800. The summed E-state index contributed by atoms with van der Waals surface area (Å²) in [6, 6.07) is 13.1. The zero-order valence-electron chi connectivity index (χ0n) is 12.2. The van der Waals surface area contributed by atoms with E-state index in [9.17, 15) is 0 Å². The van der Waals surface area contributed by atoms with Crippen molar-refractivity contribution in [1.29, 1.82) is 5.26 Å². The molecule has 2 heterocycles. The Labute approximate surface area is 128 Å². The highest BCUT2D eigenvalue weighted by Gasteiger charge is 2.08. The highest BCUT2D eigenvalue weighted by Crippen LogP contribution is 2.29. The third kappa shape index (κ3) is 2.86. The first-order valence-corrected chi connectivity index (χ1v) is 7.02. The van der Waals surface area contributed by atoms with E-state index in [1.54, 1.807) is 18.2 Å². The Morgan fingerprint density at radius 2 is 2.09 bits per heavy atom. The second-order valence-electron chi connectivity index (χ2n) is 4.69. The molecule has 110 valence electrons. The number of nitriles is 1. The second kappa shape index (κ2) is 6.19. The predicted octanol–water partition coefficient (Wildman–Crippen LogP) is 3.18. The average Bonchev–Trinajstić information content (AvgIpc) is 2.96. The van der Waals surface area contributed by atoms with E-state index in [2.05, 4.69) is 11.1 Å². The Balaban J connectivity index is 1.79. The van der Waals surface area contributed by atoms with Crippen LogP contribution >= 0.6 is 0 Å². The van der Waals surface area contributed by atoms with Crippen LogP contribution in [0.3, 0.4) is 0 Å². The van der Waals surface area contributed by atoms with E-state index in [1.807, 2.05) is 41.9 Å². The number of fused-ring (bicyclic) bond motifs is 1. The van der Waals surface area contributed by atoms with Gasteiger partial charge < -0.3 is 13.9 Å². The van der Waals surface area contributed by atoms with Crippen LogP contribution in [-0.2, 0) is 6.61 Å². The van der Waals surface area contributed by atoms with Gasteiger partial charge in [0.05, 0.1) is 23.9 Å². The van der Waals surface area contributed by atoms with Gasteiger partial charge in [0.2, 0.25) is 0 Å². The molecule has 0 aliphatic rings. The standard InChI is InChI=1S/C17H15N3O2/c1-2-21-16-9-13(10-18)6-7-15(16)22-12-14-11-20-8-4-3-5-17(20)19-14/h3-9,11H,2,12H2,1H3. The molecule has 0 aliphatic carbocycles. The normalized spacial score (nSPS) is 10.4. The van der Waals surface area contributed by atoms with Crippen molar-refractivity contribution in [3.8, 4) is 17.6 Å². The van der Waals surface area contributed by atoms with Crippen molar-refractivity contribution >= 4 is 5.65 Å². The van der Waals surface area contributed by atoms with Crippen LogP contribution in [0, 0.1) is 11.3 Å². The molecule has 22 heavy (non-hydrogen) atoms. The van der Waals surface area contributed by atoms with Gasteiger partial charge in [-0.1, -0.05) is 6.07 Å². The number of hydrogen-bond acceptors (Lipinski definition) is 4. The minimum absolute atomic E-state index is 0.341. The molecule has 3 rings (SSSR count). The SMILES string of the molecule is CCOc1cc(C#N)ccc1OCc1cn2ccccc2n1. The summed E-state index contributed by atoms with van der Waals surface area (Å²) in [6.07, 6.45) is 3.87. The van der Waals surface area contributed by atoms with Crippen molar-refractivity contribution in [2.75, 3.05) is 6.61 Å². The summed E-state index contributed by atoms with van der Waals surface area (Å²) < 4.78 is 13.3. The number of nitrogens with zero attached hydrogens (tertiary/aromatic N) is 3. The minimum atomic E-state index is 0.341. The molecule has 0 spiro atoms. The first-order valence-electron chi connectivity index (χ1n) is 7.02. The molecule has 2 aromatic heterocycles. The number of aromatic nitrogens is 2. The molecule has 0 aliphatic heterocycles. The fourth-order valence-electron chi connectivity index (χ4n) is 2.17. The lowest BCUT2D eigenvalue weighted by molar-refractivity contribution is 0.267. The van der Waals surface area contributed by atoms with Crippen LogP contribution in [-0.4, -0.2) is 16.0 Å². The van der Waals surface area contributed by atoms with E-state index in [1.165, 1.54) is 0 Å². The molecular weight excluding hydrogens is 278 g/mol. The average molecular weight is 293 g/mol. The first-order chi connectivity index (χ1) is 10.8. The van der Waals surface area contributed by atoms with Gasteiger partial charge in [-0.05, 0) is 31.2 Å². The van der Waals surface area contributed by atoms with E-state index in [0.717, 1.165) is 11.3 Å². The Hall–Kier alpha value is -3.00. The fourth-order valence-corrected chi connectivity index (χ4v) is 2.17. The fraction of sp³-hybridized carbons (Fsp3) is 0.176. The van der Waals surface area contributed by atoms with Crippen molar-refractivity contribution in [2.24, 2.45) is 0 Å². The van der Waals surface area contributed by atoms with E-state index in [0.29, 0.717) is 30.3 Å². The van der Waals surface area contributed by atoms with Gasteiger partial charge >= 0.3 is 0 Å². The third-order valence-corrected chi connectivity index (χ3v) is 3.16. The molecule has 0 bridgehead atoms. The molecule has 5 nitrogen and oxygen atoms in total. The summed E-state index contributed by atoms with van der Waals surface area (Å²) in [7, 11) is 0. The predicted molar refractivity (Wildman–Crippen MR) is 81.9 cm³/mol. The van der Waals surface area contributed by atoms with Gasteiger partial charge in [-0.3, -0.25) is 0 Å². The van der Waals surface area contributed by atoms with Gasteiger partial charge in [0.15, 0.2) is 11.5 Å². The number of imidazole rings is 1. The van der Waals surface area contributed by atoms with Crippen molar-refractivity contribution < 1.29 is 9.47 Å². The van der Waals surface area contributed by atoms with Crippen molar-refractivity contribution in [2.45, 2.75) is 13.5 Å². The molecule has 0 amide bonds. The number of ether oxygens (including phenoxy) is 2. The summed E-state index contributed by atoms with van der Waals surface area (Å²) >= 11 is 0. The maximum Gasteiger partial charge on any atom is 0.162 e. The molecule has 0 saturated carbocycles. The molecule has 0 N–H and O–H groups in total. The zero-order chi connectivity index (χ0) is 15.4. The van der Waals surface area contributed by atoms with Crippen LogP contribution in [0.5, 0.6) is 11.5 Å². The largest absolute Gasteiger partial charge is 0.490 e. The molecular formula is C17H15N3O2. The van der Waals surface area contributed by atoms with Crippen molar-refractivity contribution in [3.05, 3.63) is 60.0 Å². The maximum absolute atomic E-state index is 8.95. The minimum Gasteiger partial charge on any atom is -0.490 e. The summed E-state index contributed by atoms with van der Waals surface area (Å²) in [4.78, 5) is 4.48. The molecule has 3 aromatic rings. The highest BCUT2D eigenvalue weighted by molar-refractivity contribution is 5.47. The first kappa shape index (κ1) is 14.0. The molecule has 0 saturated heterocycles. The van der Waals surface area contributed by atoms with Crippen LogP contribution < -0.4 is 9.47 Å². The summed E-state index contributed by atoms with van der Waals surface area (Å²) in [6.45, 7) is 2.75. The van der Waals surface area contributed by atoms with Gasteiger partial charge in [-0.25, -0.2) is 4.98 Å². The Kier molecular flexibility index (Phi) is 3.92. The van der Waals surface area contributed by atoms with Gasteiger partial charge in [0.1, 0.15) is 12.3 Å². The molecule has 0 radical (unpaired) electrons. The quantitative estimate of drug-likeness (QED) is 0.725. The lowest BCUT2D eigenvalue weighted by Gasteiger charge is -2.11. The number of hydrogen-bond donors (Lipinski definition) is 0. The molecule has 5 heteroatoms. The summed E-state index contributed by atoms with van der Waals surface area (Å²) in [5, 5.41) is 8.95. The molecule has 1 aromatic carbocycles. The van der Waals surface area contributed by atoms with E-state index >= 15 is 0 Å². The van der Waals surface area contributed by atoms with Gasteiger partial charge in [0, 0.05) is 18.5 Å². The third-order valence-electron chi connectivity index (χ3n) is 3.16. The van der Waals surface area contributed by atoms with E-state index < -0.39 is 0 Å². The lowest BCUT2D eigenvalue weighted by Crippen LogP contribution is -2.00. The van der Waals surface area contributed by atoms with Crippen molar-refractivity contribution in [3.63, 3.8) is 0 Å². The van der Waals surface area contributed by atoms with Crippen LogP contribution in [0.1, 0.15) is 18.2 Å². The maximum atomic E-state index is 8.95. The zero-order valence-corrected chi connectivity index (χ0v) is 12.2. The van der Waals surface area contributed by atoms with Gasteiger partial charge in [-0.15, -0.1) is 0 Å². The monoisotopic (exact) mass is 293 g/mol. The van der Waals surface area contributed by atoms with E-state index in [-0.39, 0.29) is 0 Å².